The maximum atomic E-state index is 13.8. The molecule has 1 aromatic heterocycles. The molecule has 0 saturated heterocycles. The fourth-order valence-electron chi connectivity index (χ4n) is 4.86. The van der Waals surface area contributed by atoms with Crippen molar-refractivity contribution in [3.05, 3.63) is 75.7 Å². The summed E-state index contributed by atoms with van der Waals surface area (Å²) in [5.41, 5.74) is 11.2. The summed E-state index contributed by atoms with van der Waals surface area (Å²) in [6, 6.07) is 13.4. The zero-order valence-corrected chi connectivity index (χ0v) is 23.7. The van der Waals surface area contributed by atoms with E-state index in [0.717, 1.165) is 35.1 Å². The van der Waals surface area contributed by atoms with Crippen molar-refractivity contribution in [3.63, 3.8) is 0 Å². The quantitative estimate of drug-likeness (QED) is 0.258. The number of fused-ring (bicyclic) bond motifs is 1. The minimum absolute atomic E-state index is 0.0195. The van der Waals surface area contributed by atoms with Crippen LogP contribution in [-0.4, -0.2) is 28.8 Å². The molecule has 10 heteroatoms. The first-order valence-electron chi connectivity index (χ1n) is 13.2. The van der Waals surface area contributed by atoms with Crippen LogP contribution in [-0.2, 0) is 0 Å². The summed E-state index contributed by atoms with van der Waals surface area (Å²) in [5.74, 6) is 0. The minimum Gasteiger partial charge on any atom is -0.383 e. The molecule has 0 unspecified atom stereocenters. The van der Waals surface area contributed by atoms with E-state index in [1.807, 2.05) is 31.3 Å². The number of hydrogen-bond donors (Lipinski definition) is 4. The summed E-state index contributed by atoms with van der Waals surface area (Å²) in [6.45, 7) is 8.46. The molecule has 4 N–H and O–H groups in total. The van der Waals surface area contributed by atoms with Crippen LogP contribution >= 0.6 is 11.6 Å². The highest BCUT2D eigenvalue weighted by atomic mass is 35.5. The molecule has 206 valence electrons. The van der Waals surface area contributed by atoms with Gasteiger partial charge in [0.1, 0.15) is 12.7 Å². The molecular formula is C30H32ClFN8. The standard InChI is InChI=1S/C30H32ClFN8/c1-18-19(12-33)6-5-7-22(18)28(25-15-40(39-38-25)30(16-32)8-9-30)37-21-10-23-26(36-17-29(2,3)4)20(13-34)14-35-27(23)24(31)11-21/h5-7,10-11,14-15,28,37-39H,8-9,16-17H2,1-4H3,(H,35,36)/t28-/m0/s1. The topological polar surface area (TPSA) is 112 Å². The van der Waals surface area contributed by atoms with Gasteiger partial charge in [-0.25, -0.2) is 4.39 Å². The number of alkyl halides is 1. The first-order chi connectivity index (χ1) is 19.1. The van der Waals surface area contributed by atoms with Gasteiger partial charge in [0.25, 0.3) is 0 Å². The Hall–Kier alpha value is -4.05. The second kappa shape index (κ2) is 10.5. The number of nitriles is 2. The lowest BCUT2D eigenvalue weighted by molar-refractivity contribution is 0.146. The molecule has 2 aliphatic rings. The van der Waals surface area contributed by atoms with Gasteiger partial charge in [0.2, 0.25) is 0 Å². The summed E-state index contributed by atoms with van der Waals surface area (Å²) in [6.07, 6.45) is 4.96. The first-order valence-corrected chi connectivity index (χ1v) is 13.6. The Morgan fingerprint density at radius 2 is 1.95 bits per heavy atom. The molecule has 0 spiro atoms. The lowest BCUT2D eigenvalue weighted by Crippen LogP contribution is -2.46. The zero-order chi connectivity index (χ0) is 28.7. The highest BCUT2D eigenvalue weighted by Gasteiger charge is 2.49. The molecule has 0 amide bonds. The maximum Gasteiger partial charge on any atom is 0.114 e. The van der Waals surface area contributed by atoms with Crippen molar-refractivity contribution in [3.8, 4) is 12.1 Å². The third kappa shape index (κ3) is 5.23. The van der Waals surface area contributed by atoms with E-state index in [1.165, 1.54) is 6.20 Å². The summed E-state index contributed by atoms with van der Waals surface area (Å²) >= 11 is 6.75. The molecule has 0 bridgehead atoms. The number of benzene rings is 2. The van der Waals surface area contributed by atoms with Crippen molar-refractivity contribution in [1.82, 2.24) is 21.0 Å². The molecule has 40 heavy (non-hydrogen) atoms. The fourth-order valence-corrected chi connectivity index (χ4v) is 5.13. The van der Waals surface area contributed by atoms with Gasteiger partial charge in [0.05, 0.1) is 50.7 Å². The number of anilines is 2. The third-order valence-electron chi connectivity index (χ3n) is 7.45. The van der Waals surface area contributed by atoms with Gasteiger partial charge in [-0.3, -0.25) is 9.99 Å². The number of rotatable bonds is 8. The fraction of sp³-hybridized carbons (Fsp3) is 0.367. The predicted molar refractivity (Wildman–Crippen MR) is 156 cm³/mol. The maximum absolute atomic E-state index is 13.8. The molecule has 1 aliphatic carbocycles. The van der Waals surface area contributed by atoms with Gasteiger partial charge < -0.3 is 16.1 Å². The van der Waals surface area contributed by atoms with Gasteiger partial charge in [0.15, 0.2) is 0 Å². The molecule has 1 aliphatic heterocycles. The Labute approximate surface area is 238 Å². The van der Waals surface area contributed by atoms with E-state index in [9.17, 15) is 14.9 Å². The van der Waals surface area contributed by atoms with Gasteiger partial charge in [-0.15, -0.1) is 5.53 Å². The molecule has 5 rings (SSSR count). The van der Waals surface area contributed by atoms with Gasteiger partial charge >= 0.3 is 0 Å². The van der Waals surface area contributed by atoms with E-state index >= 15 is 0 Å². The van der Waals surface area contributed by atoms with Gasteiger partial charge in [-0.05, 0) is 54.5 Å². The molecule has 1 atom stereocenters. The third-order valence-corrected chi connectivity index (χ3v) is 7.73. The normalized spacial score (nSPS) is 16.5. The van der Waals surface area contributed by atoms with E-state index in [1.54, 1.807) is 17.1 Å². The molecule has 8 nitrogen and oxygen atoms in total. The van der Waals surface area contributed by atoms with Crippen LogP contribution in [0.5, 0.6) is 0 Å². The average molecular weight is 559 g/mol. The van der Waals surface area contributed by atoms with Crippen LogP contribution in [0.25, 0.3) is 10.9 Å². The van der Waals surface area contributed by atoms with Crippen LogP contribution in [0.4, 0.5) is 15.8 Å². The molecule has 1 fully saturated rings. The van der Waals surface area contributed by atoms with Crippen molar-refractivity contribution < 1.29 is 4.39 Å². The Bertz CT molecular complexity index is 1580. The molecular weight excluding hydrogens is 527 g/mol. The van der Waals surface area contributed by atoms with Crippen LogP contribution in [0.1, 0.15) is 61.9 Å². The van der Waals surface area contributed by atoms with E-state index in [4.69, 9.17) is 11.6 Å². The molecule has 0 radical (unpaired) electrons. The summed E-state index contributed by atoms with van der Waals surface area (Å²) in [4.78, 5) is 4.47. The van der Waals surface area contributed by atoms with Crippen LogP contribution in [0.15, 0.2) is 48.4 Å². The second-order valence-corrected chi connectivity index (χ2v) is 12.1. The van der Waals surface area contributed by atoms with Gasteiger partial charge in [0, 0.05) is 30.0 Å². The number of hydrogen-bond acceptors (Lipinski definition) is 8. The van der Waals surface area contributed by atoms with E-state index in [2.05, 4.69) is 59.5 Å². The summed E-state index contributed by atoms with van der Waals surface area (Å²) in [7, 11) is 0. The second-order valence-electron chi connectivity index (χ2n) is 11.7. The summed E-state index contributed by atoms with van der Waals surface area (Å²) < 4.78 is 13.8. The average Bonchev–Trinajstić information content (AvgIpc) is 3.57. The number of aromatic nitrogens is 1. The number of hydrazine groups is 2. The largest absolute Gasteiger partial charge is 0.383 e. The van der Waals surface area contributed by atoms with Crippen molar-refractivity contribution in [2.45, 2.75) is 52.1 Å². The zero-order valence-electron chi connectivity index (χ0n) is 23.0. The highest BCUT2D eigenvalue weighted by Crippen LogP contribution is 2.43. The molecule has 1 saturated carbocycles. The van der Waals surface area contributed by atoms with Crippen molar-refractivity contribution in [2.75, 3.05) is 23.9 Å². The van der Waals surface area contributed by atoms with Crippen LogP contribution in [0.2, 0.25) is 5.02 Å². The van der Waals surface area contributed by atoms with Crippen LogP contribution in [0.3, 0.4) is 0 Å². The van der Waals surface area contributed by atoms with E-state index in [0.29, 0.717) is 39.6 Å². The van der Waals surface area contributed by atoms with E-state index < -0.39 is 18.3 Å². The van der Waals surface area contributed by atoms with Gasteiger partial charge in [-0.2, -0.15) is 10.5 Å². The number of nitrogens with one attached hydrogen (secondary N) is 4. The molecule has 2 aromatic carbocycles. The molecule has 2 heterocycles. The Morgan fingerprint density at radius 1 is 1.20 bits per heavy atom. The van der Waals surface area contributed by atoms with Crippen molar-refractivity contribution >= 4 is 33.9 Å². The SMILES string of the molecule is Cc1c(C#N)cccc1[C@H](Nc1cc(Cl)c2ncc(C#N)c(NCC(C)(C)C)c2c1)C1=CN(C2(CF)CC2)NN1. The van der Waals surface area contributed by atoms with E-state index in [-0.39, 0.29) is 5.41 Å². The molecule has 3 aromatic rings. The minimum atomic E-state index is -0.540. The monoisotopic (exact) mass is 558 g/mol. The number of nitrogens with zero attached hydrogens (tertiary/aromatic N) is 4. The number of halogens is 2. The smallest absolute Gasteiger partial charge is 0.114 e. The van der Waals surface area contributed by atoms with Crippen molar-refractivity contribution in [1.29, 1.82) is 10.5 Å². The highest BCUT2D eigenvalue weighted by molar-refractivity contribution is 6.35. The van der Waals surface area contributed by atoms with Crippen LogP contribution in [0, 0.1) is 35.0 Å². The Balaban J connectivity index is 1.60. The lowest BCUT2D eigenvalue weighted by atomic mass is 9.95. The summed E-state index contributed by atoms with van der Waals surface area (Å²) in [5, 5.41) is 29.5. The number of pyridine rings is 1. The van der Waals surface area contributed by atoms with Crippen molar-refractivity contribution in [2.24, 2.45) is 5.41 Å². The van der Waals surface area contributed by atoms with Crippen LogP contribution < -0.4 is 21.6 Å². The predicted octanol–water partition coefficient (Wildman–Crippen LogP) is 6.22. The first kappa shape index (κ1) is 27.5. The lowest BCUT2D eigenvalue weighted by Gasteiger charge is -2.25. The van der Waals surface area contributed by atoms with Gasteiger partial charge in [-0.1, -0.05) is 44.5 Å². The Morgan fingerprint density at radius 3 is 2.60 bits per heavy atom. The Kier molecular flexibility index (Phi) is 7.22.